The van der Waals surface area contributed by atoms with Gasteiger partial charge in [0.25, 0.3) is 11.4 Å². The van der Waals surface area contributed by atoms with E-state index in [1.54, 1.807) is 60.7 Å². The first-order valence-electron chi connectivity index (χ1n) is 7.55. The van der Waals surface area contributed by atoms with Gasteiger partial charge in [-0.05, 0) is 36.4 Å². The normalized spacial score (nSPS) is 12.8. The average molecular weight is 348 g/mol. The second kappa shape index (κ2) is 7.31. The fourth-order valence-corrected chi connectivity index (χ4v) is 2.31. The van der Waals surface area contributed by atoms with E-state index in [2.05, 4.69) is 9.98 Å². The highest BCUT2D eigenvalue weighted by atomic mass is 16.6. The van der Waals surface area contributed by atoms with Crippen LogP contribution >= 0.6 is 0 Å². The van der Waals surface area contributed by atoms with Crippen molar-refractivity contribution in [3.05, 3.63) is 93.1 Å². The lowest BCUT2D eigenvalue weighted by Crippen LogP contribution is -2.00. The summed E-state index contributed by atoms with van der Waals surface area (Å²) in [6, 6.07) is 12.4. The molecule has 0 aromatic heterocycles. The van der Waals surface area contributed by atoms with E-state index in [-0.39, 0.29) is 22.7 Å². The fraction of sp³-hybridized carbons (Fsp3) is 0. The van der Waals surface area contributed by atoms with Crippen LogP contribution in [0.4, 0.5) is 22.7 Å². The number of rotatable bonds is 4. The van der Waals surface area contributed by atoms with E-state index in [1.807, 2.05) is 0 Å². The monoisotopic (exact) mass is 348 g/mol. The topological polar surface area (TPSA) is 111 Å². The summed E-state index contributed by atoms with van der Waals surface area (Å²) >= 11 is 0. The van der Waals surface area contributed by atoms with Crippen LogP contribution in [0, 0.1) is 20.2 Å². The van der Waals surface area contributed by atoms with Crippen molar-refractivity contribution in [3.63, 3.8) is 0 Å². The highest BCUT2D eigenvalue weighted by Crippen LogP contribution is 2.28. The predicted molar refractivity (Wildman–Crippen MR) is 98.7 cm³/mol. The van der Waals surface area contributed by atoms with Crippen molar-refractivity contribution < 1.29 is 9.85 Å². The summed E-state index contributed by atoms with van der Waals surface area (Å²) in [5.41, 5.74) is 1.37. The highest BCUT2D eigenvalue weighted by Gasteiger charge is 2.13. The minimum absolute atomic E-state index is 0.0822. The Morgan fingerprint density at radius 3 is 1.31 bits per heavy atom. The summed E-state index contributed by atoms with van der Waals surface area (Å²) in [4.78, 5) is 29.6. The number of nitro benzene ring substituents is 2. The number of benzene rings is 2. The number of aliphatic imine (C=N–C) groups is 2. The first-order chi connectivity index (χ1) is 12.5. The van der Waals surface area contributed by atoms with Crippen LogP contribution in [0.2, 0.25) is 0 Å². The van der Waals surface area contributed by atoms with Crippen molar-refractivity contribution >= 4 is 34.2 Å². The summed E-state index contributed by atoms with van der Waals surface area (Å²) in [6.45, 7) is 0. The maximum atomic E-state index is 11.0. The first-order valence-corrected chi connectivity index (χ1v) is 7.55. The largest absolute Gasteiger partial charge is 0.294 e. The van der Waals surface area contributed by atoms with E-state index in [0.29, 0.717) is 11.4 Å². The van der Waals surface area contributed by atoms with Gasteiger partial charge in [-0.15, -0.1) is 0 Å². The van der Waals surface area contributed by atoms with E-state index in [9.17, 15) is 20.2 Å². The van der Waals surface area contributed by atoms with E-state index in [0.717, 1.165) is 0 Å². The summed E-state index contributed by atoms with van der Waals surface area (Å²) in [5, 5.41) is 22.1. The van der Waals surface area contributed by atoms with Crippen LogP contribution in [0.3, 0.4) is 0 Å². The lowest BCUT2D eigenvalue weighted by molar-refractivity contribution is -0.384. The quantitative estimate of drug-likeness (QED) is 0.461. The van der Waals surface area contributed by atoms with Crippen molar-refractivity contribution in [2.45, 2.75) is 0 Å². The summed E-state index contributed by atoms with van der Waals surface area (Å²) in [6.07, 6.45) is 6.57. The second-order valence-electron chi connectivity index (χ2n) is 5.23. The zero-order chi connectivity index (χ0) is 18.5. The molecule has 0 heterocycles. The Balaban J connectivity index is 1.87. The number of nitrogens with zero attached hydrogens (tertiary/aromatic N) is 4. The zero-order valence-electron chi connectivity index (χ0n) is 13.4. The van der Waals surface area contributed by atoms with E-state index >= 15 is 0 Å². The lowest BCUT2D eigenvalue weighted by Gasteiger charge is -2.04. The zero-order valence-corrected chi connectivity index (χ0v) is 13.4. The van der Waals surface area contributed by atoms with Gasteiger partial charge in [-0.2, -0.15) is 0 Å². The highest BCUT2D eigenvalue weighted by molar-refractivity contribution is 6.19. The molecule has 1 aliphatic rings. The molecule has 2 aromatic carbocycles. The Hall–Kier alpha value is -3.94. The average Bonchev–Trinajstić information content (AvgIpc) is 2.64. The van der Waals surface area contributed by atoms with Crippen molar-refractivity contribution in [1.29, 1.82) is 0 Å². The maximum absolute atomic E-state index is 11.0. The van der Waals surface area contributed by atoms with Gasteiger partial charge in [-0.1, -0.05) is 24.3 Å². The molecule has 0 aliphatic heterocycles. The van der Waals surface area contributed by atoms with E-state index in [1.165, 1.54) is 12.1 Å². The SMILES string of the molecule is O=[N+]([O-])c1ccccc1N=C1C=CC(=Nc2ccccc2[N+](=O)[O-])C=C1. The van der Waals surface area contributed by atoms with E-state index in [4.69, 9.17) is 0 Å². The number of allylic oxidation sites excluding steroid dienone is 4. The van der Waals surface area contributed by atoms with Gasteiger partial charge in [0.2, 0.25) is 0 Å². The van der Waals surface area contributed by atoms with Crippen molar-refractivity contribution in [3.8, 4) is 0 Å². The molecule has 0 saturated carbocycles. The molecule has 0 unspecified atom stereocenters. The van der Waals surface area contributed by atoms with Crippen LogP contribution in [-0.4, -0.2) is 21.3 Å². The third-order valence-corrected chi connectivity index (χ3v) is 3.51. The number of nitro groups is 2. The molecule has 0 bridgehead atoms. The Labute approximate surface area is 147 Å². The van der Waals surface area contributed by atoms with Gasteiger partial charge in [-0.3, -0.25) is 20.2 Å². The van der Waals surface area contributed by atoms with Crippen molar-refractivity contribution in [1.82, 2.24) is 0 Å². The molecule has 8 heteroatoms. The molecule has 0 amide bonds. The molecule has 0 atom stereocenters. The van der Waals surface area contributed by atoms with Crippen LogP contribution in [0.1, 0.15) is 0 Å². The lowest BCUT2D eigenvalue weighted by atomic mass is 10.1. The van der Waals surface area contributed by atoms with E-state index < -0.39 is 9.85 Å². The molecule has 0 N–H and O–H groups in total. The number of hydrogen-bond donors (Lipinski definition) is 0. The predicted octanol–water partition coefficient (Wildman–Crippen LogP) is 4.47. The van der Waals surface area contributed by atoms with Gasteiger partial charge >= 0.3 is 0 Å². The van der Waals surface area contributed by atoms with Crippen LogP contribution in [-0.2, 0) is 0 Å². The van der Waals surface area contributed by atoms with Gasteiger partial charge in [0.05, 0.1) is 21.3 Å². The van der Waals surface area contributed by atoms with Gasteiger partial charge in [-0.25, -0.2) is 9.98 Å². The minimum atomic E-state index is -0.489. The third kappa shape index (κ3) is 3.75. The van der Waals surface area contributed by atoms with Gasteiger partial charge in [0, 0.05) is 12.1 Å². The Morgan fingerprint density at radius 2 is 0.962 bits per heavy atom. The standard InChI is InChI=1S/C18H12N4O4/c23-21(24)17-7-3-1-5-15(17)19-13-9-11-14(12-10-13)20-16-6-2-4-8-18(16)22(25)26/h1-12H. The Bertz CT molecular complexity index is 908. The number of para-hydroxylation sites is 4. The molecule has 26 heavy (non-hydrogen) atoms. The Morgan fingerprint density at radius 1 is 0.615 bits per heavy atom. The molecule has 0 spiro atoms. The van der Waals surface area contributed by atoms with Crippen LogP contribution in [0.5, 0.6) is 0 Å². The second-order valence-corrected chi connectivity index (χ2v) is 5.23. The van der Waals surface area contributed by atoms with Crippen LogP contribution < -0.4 is 0 Å². The third-order valence-electron chi connectivity index (χ3n) is 3.51. The molecular weight excluding hydrogens is 336 g/mol. The first kappa shape index (κ1) is 16.9. The molecule has 2 aromatic rings. The summed E-state index contributed by atoms with van der Waals surface area (Å²) < 4.78 is 0. The Kier molecular flexibility index (Phi) is 4.75. The molecule has 0 saturated heterocycles. The van der Waals surface area contributed by atoms with Crippen molar-refractivity contribution in [2.24, 2.45) is 9.98 Å². The molecule has 8 nitrogen and oxygen atoms in total. The van der Waals surface area contributed by atoms with Crippen LogP contribution in [0.25, 0.3) is 0 Å². The molecule has 3 rings (SSSR count). The number of hydrogen-bond acceptors (Lipinski definition) is 6. The van der Waals surface area contributed by atoms with Crippen LogP contribution in [0.15, 0.2) is 82.8 Å². The van der Waals surface area contributed by atoms with Crippen molar-refractivity contribution in [2.75, 3.05) is 0 Å². The minimum Gasteiger partial charge on any atom is -0.258 e. The molecule has 128 valence electrons. The fourth-order valence-electron chi connectivity index (χ4n) is 2.31. The van der Waals surface area contributed by atoms with Gasteiger partial charge < -0.3 is 0 Å². The van der Waals surface area contributed by atoms with Gasteiger partial charge in [0.1, 0.15) is 11.4 Å². The summed E-state index contributed by atoms with van der Waals surface area (Å²) in [5.74, 6) is 0. The smallest absolute Gasteiger partial charge is 0.258 e. The van der Waals surface area contributed by atoms with Gasteiger partial charge in [0.15, 0.2) is 0 Å². The maximum Gasteiger partial charge on any atom is 0.294 e. The molecule has 0 fully saturated rings. The summed E-state index contributed by atoms with van der Waals surface area (Å²) in [7, 11) is 0. The molecular formula is C18H12N4O4. The molecule has 1 aliphatic carbocycles. The molecule has 0 radical (unpaired) electrons.